The first-order valence-corrected chi connectivity index (χ1v) is 12.4. The molecule has 0 aliphatic heterocycles. The summed E-state index contributed by atoms with van der Waals surface area (Å²) in [5, 5.41) is 7.44. The van der Waals surface area contributed by atoms with Crippen LogP contribution in [0.4, 0.5) is 4.39 Å². The number of nitrogens with zero attached hydrogens (tertiary/aromatic N) is 2. The van der Waals surface area contributed by atoms with E-state index in [4.69, 9.17) is 11.6 Å². The Morgan fingerprint density at radius 2 is 1.94 bits per heavy atom. The van der Waals surface area contributed by atoms with E-state index in [0.29, 0.717) is 12.2 Å². The zero-order valence-corrected chi connectivity index (χ0v) is 20.0. The van der Waals surface area contributed by atoms with E-state index in [-0.39, 0.29) is 27.2 Å². The molecule has 2 N–H and O–H groups in total. The molecular formula is C23H26ClFN4O3S. The van der Waals surface area contributed by atoms with Crippen LogP contribution in [0.5, 0.6) is 0 Å². The van der Waals surface area contributed by atoms with Crippen molar-refractivity contribution in [1.82, 2.24) is 19.8 Å². The molecule has 0 radical (unpaired) electrons. The number of amides is 1. The second kappa shape index (κ2) is 10.9. The average molecular weight is 493 g/mol. The fraction of sp³-hybridized carbons (Fsp3) is 0.304. The van der Waals surface area contributed by atoms with Gasteiger partial charge in [0.1, 0.15) is 5.82 Å². The minimum Gasteiger partial charge on any atom is -0.342 e. The maximum absolute atomic E-state index is 13.4. The molecular weight excluding hydrogens is 467 g/mol. The summed E-state index contributed by atoms with van der Waals surface area (Å²) in [5.41, 5.74) is 2.54. The van der Waals surface area contributed by atoms with Crippen LogP contribution in [0.1, 0.15) is 35.3 Å². The molecule has 33 heavy (non-hydrogen) atoms. The van der Waals surface area contributed by atoms with Crippen molar-refractivity contribution in [3.05, 3.63) is 70.6 Å². The summed E-state index contributed by atoms with van der Waals surface area (Å²) < 4.78 is 39.6. The molecule has 2 aromatic carbocycles. The van der Waals surface area contributed by atoms with Gasteiger partial charge in [0.2, 0.25) is 10.0 Å². The number of nitrogens with one attached hydrogen (secondary N) is 2. The van der Waals surface area contributed by atoms with E-state index >= 15 is 0 Å². The smallest absolute Gasteiger partial charge is 0.255 e. The van der Waals surface area contributed by atoms with Gasteiger partial charge in [0.25, 0.3) is 5.91 Å². The normalized spacial score (nSPS) is 11.5. The Kier molecular flexibility index (Phi) is 8.23. The fourth-order valence-corrected chi connectivity index (χ4v) is 4.34. The minimum atomic E-state index is -3.67. The summed E-state index contributed by atoms with van der Waals surface area (Å²) in [6.07, 6.45) is 3.34. The number of aromatic nitrogens is 2. The van der Waals surface area contributed by atoms with Gasteiger partial charge in [-0.25, -0.2) is 17.5 Å². The Morgan fingerprint density at radius 3 is 2.67 bits per heavy atom. The number of hydrogen-bond acceptors (Lipinski definition) is 4. The van der Waals surface area contributed by atoms with Crippen LogP contribution in [0, 0.1) is 5.82 Å². The number of halogens is 2. The molecule has 3 aromatic rings. The third-order valence-corrected chi connectivity index (χ3v) is 7.03. The van der Waals surface area contributed by atoms with Crippen LogP contribution in [0.2, 0.25) is 5.02 Å². The highest BCUT2D eigenvalue weighted by molar-refractivity contribution is 7.89. The molecule has 1 aromatic heterocycles. The first-order valence-electron chi connectivity index (χ1n) is 10.5. The van der Waals surface area contributed by atoms with Gasteiger partial charge in [0.05, 0.1) is 21.2 Å². The Morgan fingerprint density at radius 1 is 1.15 bits per heavy atom. The highest BCUT2D eigenvalue weighted by atomic mass is 35.5. The highest BCUT2D eigenvalue weighted by Gasteiger charge is 2.19. The molecule has 3 rings (SSSR count). The molecule has 0 unspecified atom stereocenters. The van der Waals surface area contributed by atoms with Crippen molar-refractivity contribution in [2.75, 3.05) is 20.6 Å². The molecule has 0 aliphatic carbocycles. The lowest BCUT2D eigenvalue weighted by Crippen LogP contribution is -2.28. The van der Waals surface area contributed by atoms with E-state index in [9.17, 15) is 17.6 Å². The molecule has 176 valence electrons. The summed E-state index contributed by atoms with van der Waals surface area (Å²) in [6, 6.07) is 12.3. The Labute approximate surface area is 198 Å². The van der Waals surface area contributed by atoms with Gasteiger partial charge in [-0.2, -0.15) is 5.10 Å². The predicted molar refractivity (Wildman–Crippen MR) is 126 cm³/mol. The molecule has 0 spiro atoms. The fourth-order valence-electron chi connectivity index (χ4n) is 3.39. The number of rotatable bonds is 10. The Hall–Kier alpha value is -2.75. The molecule has 0 fully saturated rings. The van der Waals surface area contributed by atoms with E-state index < -0.39 is 10.0 Å². The largest absolute Gasteiger partial charge is 0.342 e. The third kappa shape index (κ3) is 6.40. The van der Waals surface area contributed by atoms with Gasteiger partial charge in [-0.1, -0.05) is 30.2 Å². The quantitative estimate of drug-likeness (QED) is 0.413. The van der Waals surface area contributed by atoms with Crippen molar-refractivity contribution in [1.29, 1.82) is 0 Å². The van der Waals surface area contributed by atoms with E-state index in [0.717, 1.165) is 36.9 Å². The number of aromatic amines is 1. The van der Waals surface area contributed by atoms with Crippen molar-refractivity contribution >= 4 is 27.5 Å². The second-order valence-corrected chi connectivity index (χ2v) is 9.97. The van der Waals surface area contributed by atoms with Gasteiger partial charge in [0, 0.05) is 24.8 Å². The second-order valence-electron chi connectivity index (χ2n) is 7.68. The standard InChI is InChI=1S/C23H26ClFN4O3S/c1-26-33(31,32)19-10-11-21(24)20(15-19)23(30)29(2)12-5-3-4-9-18-14-22(28-27-18)16-7-6-8-17(25)13-16/h6-8,10-11,13-15,26H,3-5,9,12H2,1-2H3,(H,27,28). The summed E-state index contributed by atoms with van der Waals surface area (Å²) in [4.78, 5) is 14.3. The van der Waals surface area contributed by atoms with Crippen LogP contribution in [-0.4, -0.2) is 50.1 Å². The topological polar surface area (TPSA) is 95.2 Å². The average Bonchev–Trinajstić information content (AvgIpc) is 3.27. The lowest BCUT2D eigenvalue weighted by molar-refractivity contribution is 0.0792. The molecule has 1 amide bonds. The van der Waals surface area contributed by atoms with E-state index in [2.05, 4.69) is 14.9 Å². The number of hydrogen-bond donors (Lipinski definition) is 2. The van der Waals surface area contributed by atoms with Gasteiger partial charge in [0.15, 0.2) is 0 Å². The summed E-state index contributed by atoms with van der Waals surface area (Å²) in [7, 11) is -0.698. The summed E-state index contributed by atoms with van der Waals surface area (Å²) in [6.45, 7) is 0.510. The monoisotopic (exact) mass is 492 g/mol. The number of benzene rings is 2. The number of carbonyl (C=O) groups excluding carboxylic acids is 1. The van der Waals surface area contributed by atoms with Gasteiger partial charge in [-0.3, -0.25) is 9.89 Å². The number of carbonyl (C=O) groups is 1. The van der Waals surface area contributed by atoms with Gasteiger partial charge < -0.3 is 4.90 Å². The molecule has 0 saturated heterocycles. The summed E-state index contributed by atoms with van der Waals surface area (Å²) >= 11 is 6.14. The zero-order valence-electron chi connectivity index (χ0n) is 18.4. The molecule has 0 atom stereocenters. The molecule has 10 heteroatoms. The van der Waals surface area contributed by atoms with Crippen molar-refractivity contribution in [3.8, 4) is 11.3 Å². The maximum atomic E-state index is 13.4. The molecule has 1 heterocycles. The Balaban J connectivity index is 1.49. The van der Waals surface area contributed by atoms with E-state index in [1.807, 2.05) is 12.1 Å². The van der Waals surface area contributed by atoms with Crippen LogP contribution in [0.3, 0.4) is 0 Å². The zero-order chi connectivity index (χ0) is 24.0. The van der Waals surface area contributed by atoms with Crippen LogP contribution < -0.4 is 4.72 Å². The first kappa shape index (κ1) is 24.9. The summed E-state index contributed by atoms with van der Waals surface area (Å²) in [5.74, 6) is -0.631. The SMILES string of the molecule is CNS(=O)(=O)c1ccc(Cl)c(C(=O)N(C)CCCCCc2cc(-c3cccc(F)c3)n[nH]2)c1. The van der Waals surface area contributed by atoms with Crippen LogP contribution in [0.15, 0.2) is 53.4 Å². The van der Waals surface area contributed by atoms with Crippen molar-refractivity contribution in [3.63, 3.8) is 0 Å². The van der Waals surface area contributed by atoms with Crippen molar-refractivity contribution in [2.45, 2.75) is 30.6 Å². The van der Waals surface area contributed by atoms with Crippen LogP contribution in [-0.2, 0) is 16.4 Å². The molecule has 0 aliphatic rings. The van der Waals surface area contributed by atoms with Crippen LogP contribution >= 0.6 is 11.6 Å². The lowest BCUT2D eigenvalue weighted by Gasteiger charge is -2.18. The van der Waals surface area contributed by atoms with E-state index in [1.165, 1.54) is 42.3 Å². The lowest BCUT2D eigenvalue weighted by atomic mass is 10.1. The van der Waals surface area contributed by atoms with Gasteiger partial charge >= 0.3 is 0 Å². The van der Waals surface area contributed by atoms with E-state index in [1.54, 1.807) is 13.1 Å². The first-order chi connectivity index (χ1) is 15.7. The maximum Gasteiger partial charge on any atom is 0.255 e. The molecule has 0 bridgehead atoms. The third-order valence-electron chi connectivity index (χ3n) is 5.28. The molecule has 7 nitrogen and oxygen atoms in total. The predicted octanol–water partition coefficient (Wildman–Crippen LogP) is 4.26. The van der Waals surface area contributed by atoms with Gasteiger partial charge in [-0.15, -0.1) is 0 Å². The number of unbranched alkanes of at least 4 members (excludes halogenated alkanes) is 2. The van der Waals surface area contributed by atoms with Crippen molar-refractivity contribution in [2.24, 2.45) is 0 Å². The number of sulfonamides is 1. The number of aryl methyl sites for hydroxylation is 1. The molecule has 0 saturated carbocycles. The Bertz CT molecular complexity index is 1230. The van der Waals surface area contributed by atoms with Crippen molar-refractivity contribution < 1.29 is 17.6 Å². The number of H-pyrrole nitrogens is 1. The van der Waals surface area contributed by atoms with Gasteiger partial charge in [-0.05, 0) is 62.7 Å². The highest BCUT2D eigenvalue weighted by Crippen LogP contribution is 2.22. The minimum absolute atomic E-state index is 0.0108. The van der Waals surface area contributed by atoms with Crippen LogP contribution in [0.25, 0.3) is 11.3 Å².